The van der Waals surface area contributed by atoms with Gasteiger partial charge in [0.1, 0.15) is 5.75 Å². The van der Waals surface area contributed by atoms with Crippen LogP contribution in [0.3, 0.4) is 0 Å². The molecule has 1 aromatic rings. The summed E-state index contributed by atoms with van der Waals surface area (Å²) in [5, 5.41) is 0. The van der Waals surface area contributed by atoms with Crippen LogP contribution >= 0.6 is 0 Å². The Morgan fingerprint density at radius 3 is 2.76 bits per heavy atom. The van der Waals surface area contributed by atoms with Crippen LogP contribution in [0.2, 0.25) is 0 Å². The van der Waals surface area contributed by atoms with Crippen molar-refractivity contribution in [1.82, 2.24) is 9.80 Å². The number of carbonyl (C=O) groups is 1. The highest BCUT2D eigenvalue weighted by atomic mass is 16.5. The van der Waals surface area contributed by atoms with Gasteiger partial charge in [-0.3, -0.25) is 9.69 Å². The van der Waals surface area contributed by atoms with E-state index in [0.717, 1.165) is 44.6 Å². The van der Waals surface area contributed by atoms with E-state index in [1.54, 1.807) is 0 Å². The summed E-state index contributed by atoms with van der Waals surface area (Å²) in [6, 6.07) is 7.50. The Labute approximate surface area is 126 Å². The topological polar surface area (TPSA) is 58.8 Å². The highest BCUT2D eigenvalue weighted by Crippen LogP contribution is 2.19. The molecule has 21 heavy (non-hydrogen) atoms. The number of anilines is 1. The fourth-order valence-corrected chi connectivity index (χ4v) is 2.51. The zero-order valence-electron chi connectivity index (χ0n) is 12.8. The largest absolute Gasteiger partial charge is 0.491 e. The number of likely N-dealkylation sites (N-methyl/N-ethyl adjacent to an activating group) is 1. The Morgan fingerprint density at radius 1 is 1.33 bits per heavy atom. The molecule has 1 amide bonds. The lowest BCUT2D eigenvalue weighted by Gasteiger charge is -2.21. The number of benzene rings is 1. The van der Waals surface area contributed by atoms with Crippen LogP contribution < -0.4 is 10.5 Å². The number of likely N-dealkylation sites (tertiary alicyclic amines) is 1. The average molecular weight is 291 g/mol. The van der Waals surface area contributed by atoms with E-state index in [9.17, 15) is 4.79 Å². The Hall–Kier alpha value is -1.75. The first-order valence-corrected chi connectivity index (χ1v) is 7.60. The molecule has 0 aromatic heterocycles. The van der Waals surface area contributed by atoms with Gasteiger partial charge in [0.2, 0.25) is 5.91 Å². The van der Waals surface area contributed by atoms with Crippen molar-refractivity contribution in [2.45, 2.75) is 19.3 Å². The average Bonchev–Trinajstić information content (AvgIpc) is 2.99. The third-order valence-electron chi connectivity index (χ3n) is 3.72. The number of ether oxygens (including phenoxy) is 1. The fourth-order valence-electron chi connectivity index (χ4n) is 2.51. The minimum absolute atomic E-state index is 0.239. The molecule has 2 N–H and O–H groups in total. The van der Waals surface area contributed by atoms with Crippen LogP contribution in [0, 0.1) is 0 Å². The van der Waals surface area contributed by atoms with E-state index < -0.39 is 0 Å². The van der Waals surface area contributed by atoms with E-state index in [4.69, 9.17) is 10.5 Å². The van der Waals surface area contributed by atoms with E-state index in [1.807, 2.05) is 36.2 Å². The van der Waals surface area contributed by atoms with Crippen molar-refractivity contribution >= 4 is 11.6 Å². The van der Waals surface area contributed by atoms with Gasteiger partial charge in [-0.05, 0) is 38.4 Å². The number of nitrogens with two attached hydrogens (primary N) is 1. The minimum atomic E-state index is 0.239. The SMILES string of the molecule is CN(CCCOc1ccccc1N)CC(=O)N1CCCC1. The molecule has 1 aliphatic rings. The zero-order valence-corrected chi connectivity index (χ0v) is 12.8. The molecule has 0 bridgehead atoms. The van der Waals surface area contributed by atoms with Crippen LogP contribution in [-0.2, 0) is 4.79 Å². The van der Waals surface area contributed by atoms with Gasteiger partial charge in [-0.15, -0.1) is 0 Å². The van der Waals surface area contributed by atoms with E-state index in [-0.39, 0.29) is 5.91 Å². The third-order valence-corrected chi connectivity index (χ3v) is 3.72. The molecule has 5 heteroatoms. The first-order chi connectivity index (χ1) is 10.2. The third kappa shape index (κ3) is 4.93. The summed E-state index contributed by atoms with van der Waals surface area (Å²) in [7, 11) is 1.98. The molecule has 0 spiro atoms. The van der Waals surface area contributed by atoms with Crippen molar-refractivity contribution in [3.63, 3.8) is 0 Å². The summed E-state index contributed by atoms with van der Waals surface area (Å²) >= 11 is 0. The van der Waals surface area contributed by atoms with Gasteiger partial charge in [-0.1, -0.05) is 12.1 Å². The number of rotatable bonds is 7. The Morgan fingerprint density at radius 2 is 2.05 bits per heavy atom. The van der Waals surface area contributed by atoms with Crippen LogP contribution in [-0.4, -0.2) is 55.5 Å². The number of carbonyl (C=O) groups excluding carboxylic acids is 1. The van der Waals surface area contributed by atoms with Crippen molar-refractivity contribution in [2.75, 3.05) is 45.6 Å². The molecule has 5 nitrogen and oxygen atoms in total. The zero-order chi connectivity index (χ0) is 15.1. The minimum Gasteiger partial charge on any atom is -0.491 e. The number of hydrogen-bond donors (Lipinski definition) is 1. The number of nitrogen functional groups attached to an aromatic ring is 1. The highest BCUT2D eigenvalue weighted by molar-refractivity contribution is 5.78. The molecule has 1 aromatic carbocycles. The lowest BCUT2D eigenvalue weighted by Crippen LogP contribution is -2.37. The van der Waals surface area contributed by atoms with Gasteiger partial charge in [0.25, 0.3) is 0 Å². The molecule has 1 saturated heterocycles. The van der Waals surface area contributed by atoms with Crippen molar-refractivity contribution in [2.24, 2.45) is 0 Å². The molecule has 2 rings (SSSR count). The van der Waals surface area contributed by atoms with Crippen molar-refractivity contribution in [3.05, 3.63) is 24.3 Å². The van der Waals surface area contributed by atoms with Crippen LogP contribution in [0.4, 0.5) is 5.69 Å². The molecule has 1 fully saturated rings. The summed E-state index contributed by atoms with van der Waals surface area (Å²) in [5.41, 5.74) is 6.47. The van der Waals surface area contributed by atoms with Gasteiger partial charge in [-0.2, -0.15) is 0 Å². The van der Waals surface area contributed by atoms with E-state index in [1.165, 1.54) is 0 Å². The second-order valence-corrected chi connectivity index (χ2v) is 5.57. The van der Waals surface area contributed by atoms with Crippen LogP contribution in [0.25, 0.3) is 0 Å². The Bertz CT molecular complexity index is 459. The maximum Gasteiger partial charge on any atom is 0.236 e. The summed E-state index contributed by atoms with van der Waals surface area (Å²) in [6.07, 6.45) is 3.15. The summed E-state index contributed by atoms with van der Waals surface area (Å²) in [6.45, 7) is 3.78. The summed E-state index contributed by atoms with van der Waals surface area (Å²) < 4.78 is 5.64. The normalized spacial score (nSPS) is 14.7. The van der Waals surface area contributed by atoms with E-state index in [0.29, 0.717) is 18.8 Å². The van der Waals surface area contributed by atoms with Gasteiger partial charge in [0.05, 0.1) is 18.8 Å². The van der Waals surface area contributed by atoms with E-state index >= 15 is 0 Å². The van der Waals surface area contributed by atoms with Gasteiger partial charge in [-0.25, -0.2) is 0 Å². The van der Waals surface area contributed by atoms with Gasteiger partial charge >= 0.3 is 0 Å². The van der Waals surface area contributed by atoms with Gasteiger partial charge in [0, 0.05) is 19.6 Å². The Kier molecular flexibility index (Phi) is 5.87. The Balaban J connectivity index is 1.62. The smallest absolute Gasteiger partial charge is 0.236 e. The molecule has 0 radical (unpaired) electrons. The van der Waals surface area contributed by atoms with Crippen molar-refractivity contribution in [3.8, 4) is 5.75 Å². The van der Waals surface area contributed by atoms with Gasteiger partial charge in [0.15, 0.2) is 0 Å². The maximum atomic E-state index is 12.0. The van der Waals surface area contributed by atoms with Crippen molar-refractivity contribution < 1.29 is 9.53 Å². The molecule has 116 valence electrons. The van der Waals surface area contributed by atoms with Crippen molar-refractivity contribution in [1.29, 1.82) is 0 Å². The van der Waals surface area contributed by atoms with Crippen LogP contribution in [0.1, 0.15) is 19.3 Å². The molecule has 0 atom stereocenters. The molecular formula is C16H25N3O2. The molecule has 1 heterocycles. The number of amides is 1. The molecule has 0 aliphatic carbocycles. The van der Waals surface area contributed by atoms with E-state index in [2.05, 4.69) is 4.90 Å². The fraction of sp³-hybridized carbons (Fsp3) is 0.562. The lowest BCUT2D eigenvalue weighted by atomic mass is 10.3. The molecular weight excluding hydrogens is 266 g/mol. The summed E-state index contributed by atoms with van der Waals surface area (Å²) in [5.74, 6) is 0.969. The first kappa shape index (κ1) is 15.6. The summed E-state index contributed by atoms with van der Waals surface area (Å²) in [4.78, 5) is 16.0. The second kappa shape index (κ2) is 7.88. The van der Waals surface area contributed by atoms with Gasteiger partial charge < -0.3 is 15.4 Å². The predicted octanol–water partition coefficient (Wildman–Crippen LogP) is 1.59. The number of para-hydroxylation sites is 2. The second-order valence-electron chi connectivity index (χ2n) is 5.57. The highest BCUT2D eigenvalue weighted by Gasteiger charge is 2.18. The predicted molar refractivity (Wildman–Crippen MR) is 84.3 cm³/mol. The number of nitrogens with zero attached hydrogens (tertiary/aromatic N) is 2. The lowest BCUT2D eigenvalue weighted by molar-refractivity contribution is -0.131. The quantitative estimate of drug-likeness (QED) is 0.612. The standard InChI is InChI=1S/C16H25N3O2/c1-18(13-16(20)19-10-4-5-11-19)9-6-12-21-15-8-3-2-7-14(15)17/h2-3,7-8H,4-6,9-13,17H2,1H3. The first-order valence-electron chi connectivity index (χ1n) is 7.60. The number of hydrogen-bond acceptors (Lipinski definition) is 4. The molecule has 0 unspecified atom stereocenters. The van der Waals surface area contributed by atoms with Crippen LogP contribution in [0.15, 0.2) is 24.3 Å². The van der Waals surface area contributed by atoms with Crippen LogP contribution in [0.5, 0.6) is 5.75 Å². The molecule has 1 aliphatic heterocycles. The molecule has 0 saturated carbocycles. The monoisotopic (exact) mass is 291 g/mol. The maximum absolute atomic E-state index is 12.0.